The summed E-state index contributed by atoms with van der Waals surface area (Å²) < 4.78 is 10.5. The Morgan fingerprint density at radius 2 is 2.14 bits per heavy atom. The second-order valence-corrected chi connectivity index (χ2v) is 4.83. The van der Waals surface area contributed by atoms with Crippen molar-refractivity contribution in [2.24, 2.45) is 0 Å². The molecule has 0 radical (unpaired) electrons. The van der Waals surface area contributed by atoms with Gasteiger partial charge in [0, 0.05) is 18.2 Å². The second-order valence-electron chi connectivity index (χ2n) is 4.83. The van der Waals surface area contributed by atoms with E-state index in [2.05, 4.69) is 15.6 Å². The van der Waals surface area contributed by atoms with E-state index in [1.165, 1.54) is 6.20 Å². The molecule has 0 saturated carbocycles. The van der Waals surface area contributed by atoms with Crippen LogP contribution in [0.1, 0.15) is 28.9 Å². The summed E-state index contributed by atoms with van der Waals surface area (Å²) in [5.41, 5.74) is 0.831. The standard InChI is InChI=1S/C13H13N3O5/c1-6-4-14-9(11-10(6)20-5-21-11)13(19)15-7-2-3-8(17)16-12(7)18/h4,7H,2-3,5H2,1H3,(H,15,19)(H,16,17,18). The molecule has 1 saturated heterocycles. The first-order valence-corrected chi connectivity index (χ1v) is 6.46. The molecule has 1 unspecified atom stereocenters. The zero-order chi connectivity index (χ0) is 15.0. The molecule has 0 aliphatic carbocycles. The number of rotatable bonds is 2. The van der Waals surface area contributed by atoms with E-state index >= 15 is 0 Å². The van der Waals surface area contributed by atoms with Crippen LogP contribution in [-0.2, 0) is 9.59 Å². The fraction of sp³-hybridized carbons (Fsp3) is 0.385. The number of ether oxygens (including phenoxy) is 2. The Morgan fingerprint density at radius 3 is 2.90 bits per heavy atom. The monoisotopic (exact) mass is 291 g/mol. The third kappa shape index (κ3) is 2.39. The topological polar surface area (TPSA) is 107 Å². The van der Waals surface area contributed by atoms with Crippen molar-refractivity contribution >= 4 is 17.7 Å². The summed E-state index contributed by atoms with van der Waals surface area (Å²) in [6, 6.07) is -0.753. The normalized spacial score (nSPS) is 20.1. The minimum absolute atomic E-state index is 0.0283. The molecule has 1 fully saturated rings. The van der Waals surface area contributed by atoms with E-state index in [1.54, 1.807) is 6.92 Å². The highest BCUT2D eigenvalue weighted by atomic mass is 16.7. The summed E-state index contributed by atoms with van der Waals surface area (Å²) in [7, 11) is 0. The molecule has 8 nitrogen and oxygen atoms in total. The fourth-order valence-electron chi connectivity index (χ4n) is 2.25. The number of carbonyl (C=O) groups excluding carboxylic acids is 3. The van der Waals surface area contributed by atoms with Crippen molar-refractivity contribution in [1.29, 1.82) is 0 Å². The van der Waals surface area contributed by atoms with Gasteiger partial charge in [0.05, 0.1) is 0 Å². The van der Waals surface area contributed by atoms with E-state index in [0.717, 1.165) is 5.56 Å². The van der Waals surface area contributed by atoms with E-state index in [1.807, 2.05) is 0 Å². The quantitative estimate of drug-likeness (QED) is 0.722. The maximum Gasteiger partial charge on any atom is 0.274 e. The lowest BCUT2D eigenvalue weighted by molar-refractivity contribution is -0.134. The number of aromatic nitrogens is 1. The molecule has 2 aliphatic heterocycles. The van der Waals surface area contributed by atoms with Crippen LogP contribution in [0.4, 0.5) is 0 Å². The highest BCUT2D eigenvalue weighted by molar-refractivity contribution is 6.04. The Bertz CT molecular complexity index is 643. The molecule has 110 valence electrons. The van der Waals surface area contributed by atoms with Crippen LogP contribution >= 0.6 is 0 Å². The SMILES string of the molecule is Cc1cnc(C(=O)NC2CCC(=O)NC2=O)c2c1OCO2. The van der Waals surface area contributed by atoms with Crippen LogP contribution in [0.25, 0.3) is 0 Å². The number of pyridine rings is 1. The number of piperidine rings is 1. The van der Waals surface area contributed by atoms with Crippen LogP contribution in [0.15, 0.2) is 6.20 Å². The first-order chi connectivity index (χ1) is 10.1. The molecule has 2 N–H and O–H groups in total. The van der Waals surface area contributed by atoms with Gasteiger partial charge in [-0.15, -0.1) is 0 Å². The maximum absolute atomic E-state index is 12.2. The van der Waals surface area contributed by atoms with Crippen LogP contribution in [0.5, 0.6) is 11.5 Å². The van der Waals surface area contributed by atoms with Gasteiger partial charge in [0.25, 0.3) is 5.91 Å². The number of carbonyl (C=O) groups is 3. The fourth-order valence-corrected chi connectivity index (χ4v) is 2.25. The summed E-state index contributed by atoms with van der Waals surface area (Å²) in [5, 5.41) is 4.73. The van der Waals surface area contributed by atoms with Crippen molar-refractivity contribution in [3.05, 3.63) is 17.5 Å². The maximum atomic E-state index is 12.2. The predicted octanol–water partition coefficient (Wildman–Crippen LogP) is -0.346. The van der Waals surface area contributed by atoms with Gasteiger partial charge in [-0.25, -0.2) is 4.98 Å². The number of fused-ring (bicyclic) bond motifs is 1. The molecular weight excluding hydrogens is 278 g/mol. The van der Waals surface area contributed by atoms with E-state index < -0.39 is 17.9 Å². The average Bonchev–Trinajstić information content (AvgIpc) is 2.92. The second kappa shape index (κ2) is 5.04. The lowest BCUT2D eigenvalue weighted by Crippen LogP contribution is -2.52. The number of amides is 3. The van der Waals surface area contributed by atoms with Gasteiger partial charge >= 0.3 is 0 Å². The largest absolute Gasteiger partial charge is 0.453 e. The van der Waals surface area contributed by atoms with E-state index in [0.29, 0.717) is 5.75 Å². The van der Waals surface area contributed by atoms with E-state index in [-0.39, 0.29) is 37.0 Å². The molecule has 0 spiro atoms. The van der Waals surface area contributed by atoms with Crippen LogP contribution in [-0.4, -0.2) is 35.5 Å². The molecule has 3 rings (SSSR count). The van der Waals surface area contributed by atoms with Gasteiger partial charge < -0.3 is 14.8 Å². The van der Waals surface area contributed by atoms with Gasteiger partial charge in [-0.1, -0.05) is 0 Å². The van der Waals surface area contributed by atoms with Gasteiger partial charge in [-0.3, -0.25) is 19.7 Å². The average molecular weight is 291 g/mol. The van der Waals surface area contributed by atoms with Crippen LogP contribution in [0.3, 0.4) is 0 Å². The summed E-state index contributed by atoms with van der Waals surface area (Å²) in [4.78, 5) is 39.0. The van der Waals surface area contributed by atoms with Gasteiger partial charge in [0.2, 0.25) is 18.6 Å². The van der Waals surface area contributed by atoms with Crippen molar-refractivity contribution in [3.8, 4) is 11.5 Å². The Morgan fingerprint density at radius 1 is 1.38 bits per heavy atom. The Kier molecular flexibility index (Phi) is 3.20. The number of nitrogens with zero attached hydrogens (tertiary/aromatic N) is 1. The van der Waals surface area contributed by atoms with Crippen molar-refractivity contribution in [2.45, 2.75) is 25.8 Å². The van der Waals surface area contributed by atoms with Gasteiger partial charge in [0.15, 0.2) is 17.2 Å². The molecule has 0 bridgehead atoms. The molecular formula is C13H13N3O5. The van der Waals surface area contributed by atoms with E-state index in [4.69, 9.17) is 9.47 Å². The molecule has 21 heavy (non-hydrogen) atoms. The van der Waals surface area contributed by atoms with Crippen LogP contribution in [0, 0.1) is 6.92 Å². The number of hydrogen-bond donors (Lipinski definition) is 2. The highest BCUT2D eigenvalue weighted by Crippen LogP contribution is 2.37. The molecule has 3 amide bonds. The summed E-state index contributed by atoms with van der Waals surface area (Å²) in [6.07, 6.45) is 1.96. The molecule has 1 aromatic rings. The zero-order valence-corrected chi connectivity index (χ0v) is 11.3. The van der Waals surface area contributed by atoms with Crippen LogP contribution in [0.2, 0.25) is 0 Å². The lowest BCUT2D eigenvalue weighted by atomic mass is 10.1. The van der Waals surface area contributed by atoms with Crippen molar-refractivity contribution in [2.75, 3.05) is 6.79 Å². The number of hydrogen-bond acceptors (Lipinski definition) is 6. The Hall–Kier alpha value is -2.64. The van der Waals surface area contributed by atoms with Crippen molar-refractivity contribution < 1.29 is 23.9 Å². The van der Waals surface area contributed by atoms with Gasteiger partial charge in [-0.05, 0) is 13.3 Å². The summed E-state index contributed by atoms with van der Waals surface area (Å²) in [6.45, 7) is 1.82. The highest BCUT2D eigenvalue weighted by Gasteiger charge is 2.31. The minimum Gasteiger partial charge on any atom is -0.453 e. The summed E-state index contributed by atoms with van der Waals surface area (Å²) in [5.74, 6) is -0.624. The first-order valence-electron chi connectivity index (χ1n) is 6.46. The van der Waals surface area contributed by atoms with Gasteiger partial charge in [-0.2, -0.15) is 0 Å². The number of aryl methyl sites for hydroxylation is 1. The number of nitrogens with one attached hydrogen (secondary N) is 2. The zero-order valence-electron chi connectivity index (χ0n) is 11.3. The molecule has 2 aliphatic rings. The predicted molar refractivity (Wildman–Crippen MR) is 68.7 cm³/mol. The number of imide groups is 1. The van der Waals surface area contributed by atoms with Crippen LogP contribution < -0.4 is 20.1 Å². The first kappa shape index (κ1) is 13.3. The molecule has 3 heterocycles. The van der Waals surface area contributed by atoms with Crippen molar-refractivity contribution in [3.63, 3.8) is 0 Å². The smallest absolute Gasteiger partial charge is 0.274 e. The summed E-state index contributed by atoms with van der Waals surface area (Å²) >= 11 is 0. The third-order valence-corrected chi connectivity index (χ3v) is 3.33. The molecule has 1 aromatic heterocycles. The molecule has 8 heteroatoms. The minimum atomic E-state index is -0.753. The Labute approximate surface area is 119 Å². The van der Waals surface area contributed by atoms with E-state index in [9.17, 15) is 14.4 Å². The molecule has 0 aromatic carbocycles. The van der Waals surface area contributed by atoms with Crippen molar-refractivity contribution in [1.82, 2.24) is 15.6 Å². The molecule has 1 atom stereocenters. The van der Waals surface area contributed by atoms with Gasteiger partial charge in [0.1, 0.15) is 6.04 Å². The lowest BCUT2D eigenvalue weighted by Gasteiger charge is -2.21. The Balaban J connectivity index is 1.79. The third-order valence-electron chi connectivity index (χ3n) is 3.33.